The van der Waals surface area contributed by atoms with Crippen molar-refractivity contribution in [3.8, 4) is 0 Å². The molecule has 2 rings (SSSR count). The Kier molecular flexibility index (Phi) is 2.89. The molecule has 2 aliphatic heterocycles. The summed E-state index contributed by atoms with van der Waals surface area (Å²) in [6.45, 7) is 8.53. The number of nitrogens with zero attached hydrogens (tertiary/aromatic N) is 1. The Morgan fingerprint density at radius 3 is 3.00 bits per heavy atom. The molecule has 3 unspecified atom stereocenters. The normalized spacial score (nSPS) is 37.4. The van der Waals surface area contributed by atoms with Crippen LogP contribution in [0.5, 0.6) is 0 Å². The van der Waals surface area contributed by atoms with Crippen LogP contribution < -0.4 is 5.32 Å². The van der Waals surface area contributed by atoms with Crippen molar-refractivity contribution in [3.05, 3.63) is 0 Å². The standard InChI is InChI=1S/C11H22N2/c1-3-9(2)13-7-10-5-4-6-12-11(10)8-13/h9-12H,3-8H2,1-2H3. The van der Waals surface area contributed by atoms with Crippen LogP contribution in [0.4, 0.5) is 0 Å². The molecule has 0 aliphatic carbocycles. The minimum atomic E-state index is 0.785. The molecule has 2 saturated heterocycles. The first-order chi connectivity index (χ1) is 6.31. The molecule has 3 atom stereocenters. The Morgan fingerprint density at radius 1 is 1.46 bits per heavy atom. The van der Waals surface area contributed by atoms with Crippen molar-refractivity contribution < 1.29 is 0 Å². The molecular formula is C11H22N2. The van der Waals surface area contributed by atoms with Gasteiger partial charge in [0.1, 0.15) is 0 Å². The van der Waals surface area contributed by atoms with Gasteiger partial charge in [-0.3, -0.25) is 4.90 Å². The number of nitrogens with one attached hydrogen (secondary N) is 1. The van der Waals surface area contributed by atoms with Gasteiger partial charge in [-0.1, -0.05) is 6.92 Å². The van der Waals surface area contributed by atoms with E-state index in [4.69, 9.17) is 0 Å². The Labute approximate surface area is 81.7 Å². The molecule has 0 radical (unpaired) electrons. The van der Waals surface area contributed by atoms with E-state index in [2.05, 4.69) is 24.1 Å². The van der Waals surface area contributed by atoms with Crippen molar-refractivity contribution in [1.82, 2.24) is 10.2 Å². The lowest BCUT2D eigenvalue weighted by Gasteiger charge is -2.24. The van der Waals surface area contributed by atoms with Crippen LogP contribution in [0.3, 0.4) is 0 Å². The van der Waals surface area contributed by atoms with E-state index in [0.717, 1.165) is 18.0 Å². The highest BCUT2D eigenvalue weighted by molar-refractivity contribution is 4.93. The van der Waals surface area contributed by atoms with Gasteiger partial charge in [0.2, 0.25) is 0 Å². The zero-order chi connectivity index (χ0) is 9.26. The molecule has 2 heteroatoms. The monoisotopic (exact) mass is 182 g/mol. The molecule has 1 N–H and O–H groups in total. The van der Waals surface area contributed by atoms with E-state index in [1.165, 1.54) is 38.9 Å². The van der Waals surface area contributed by atoms with Gasteiger partial charge in [-0.2, -0.15) is 0 Å². The second kappa shape index (κ2) is 3.97. The molecule has 76 valence electrons. The average molecular weight is 182 g/mol. The van der Waals surface area contributed by atoms with Gasteiger partial charge in [-0.05, 0) is 38.6 Å². The van der Waals surface area contributed by atoms with Crippen molar-refractivity contribution in [2.45, 2.75) is 45.2 Å². The van der Waals surface area contributed by atoms with Gasteiger partial charge >= 0.3 is 0 Å². The summed E-state index contributed by atoms with van der Waals surface area (Å²) < 4.78 is 0. The van der Waals surface area contributed by atoms with E-state index in [1.807, 2.05) is 0 Å². The fourth-order valence-corrected chi connectivity index (χ4v) is 2.70. The Balaban J connectivity index is 1.91. The molecular weight excluding hydrogens is 160 g/mol. The molecule has 0 aromatic heterocycles. The highest BCUT2D eigenvalue weighted by Gasteiger charge is 2.35. The second-order valence-electron chi connectivity index (χ2n) is 4.67. The van der Waals surface area contributed by atoms with Gasteiger partial charge < -0.3 is 5.32 Å². The van der Waals surface area contributed by atoms with E-state index in [0.29, 0.717) is 0 Å². The van der Waals surface area contributed by atoms with Crippen LogP contribution in [0.2, 0.25) is 0 Å². The summed E-state index contributed by atoms with van der Waals surface area (Å²) in [4.78, 5) is 2.66. The summed E-state index contributed by atoms with van der Waals surface area (Å²) >= 11 is 0. The zero-order valence-electron chi connectivity index (χ0n) is 8.92. The molecule has 2 aliphatic rings. The Morgan fingerprint density at radius 2 is 2.31 bits per heavy atom. The number of rotatable bonds is 2. The predicted octanol–water partition coefficient (Wildman–Crippen LogP) is 1.47. The summed E-state index contributed by atoms with van der Waals surface area (Å²) in [5.74, 6) is 0.947. The summed E-state index contributed by atoms with van der Waals surface area (Å²) in [6.07, 6.45) is 4.12. The predicted molar refractivity (Wildman–Crippen MR) is 55.8 cm³/mol. The fraction of sp³-hybridized carbons (Fsp3) is 1.00. The van der Waals surface area contributed by atoms with Crippen LogP contribution in [-0.4, -0.2) is 36.6 Å². The van der Waals surface area contributed by atoms with Gasteiger partial charge in [0.25, 0.3) is 0 Å². The first kappa shape index (κ1) is 9.47. The molecule has 13 heavy (non-hydrogen) atoms. The maximum Gasteiger partial charge on any atom is 0.0235 e. The minimum Gasteiger partial charge on any atom is -0.312 e. The molecule has 0 bridgehead atoms. The van der Waals surface area contributed by atoms with Crippen molar-refractivity contribution in [2.75, 3.05) is 19.6 Å². The zero-order valence-corrected chi connectivity index (χ0v) is 8.92. The van der Waals surface area contributed by atoms with Gasteiger partial charge in [-0.25, -0.2) is 0 Å². The van der Waals surface area contributed by atoms with Crippen molar-refractivity contribution >= 4 is 0 Å². The highest BCUT2D eigenvalue weighted by atomic mass is 15.2. The van der Waals surface area contributed by atoms with Gasteiger partial charge in [0.05, 0.1) is 0 Å². The Hall–Kier alpha value is -0.0800. The fourth-order valence-electron chi connectivity index (χ4n) is 2.70. The van der Waals surface area contributed by atoms with E-state index < -0.39 is 0 Å². The number of piperidine rings is 1. The lowest BCUT2D eigenvalue weighted by Crippen LogP contribution is -2.41. The quantitative estimate of drug-likeness (QED) is 0.695. The molecule has 0 aromatic carbocycles. The van der Waals surface area contributed by atoms with Crippen LogP contribution in [0.1, 0.15) is 33.1 Å². The van der Waals surface area contributed by atoms with Crippen molar-refractivity contribution in [1.29, 1.82) is 0 Å². The first-order valence-electron chi connectivity index (χ1n) is 5.78. The van der Waals surface area contributed by atoms with Crippen LogP contribution in [0.15, 0.2) is 0 Å². The first-order valence-corrected chi connectivity index (χ1v) is 5.78. The molecule has 0 amide bonds. The third-order valence-electron chi connectivity index (χ3n) is 3.84. The lowest BCUT2D eigenvalue weighted by atomic mass is 9.94. The molecule has 0 spiro atoms. The SMILES string of the molecule is CCC(C)N1CC2CCCNC2C1. The van der Waals surface area contributed by atoms with Crippen molar-refractivity contribution in [3.63, 3.8) is 0 Å². The minimum absolute atomic E-state index is 0.785. The van der Waals surface area contributed by atoms with E-state index in [1.54, 1.807) is 0 Å². The van der Waals surface area contributed by atoms with Crippen LogP contribution in [0, 0.1) is 5.92 Å². The van der Waals surface area contributed by atoms with E-state index >= 15 is 0 Å². The van der Waals surface area contributed by atoms with Gasteiger partial charge in [0.15, 0.2) is 0 Å². The molecule has 0 aromatic rings. The average Bonchev–Trinajstić information content (AvgIpc) is 2.59. The third-order valence-corrected chi connectivity index (χ3v) is 3.84. The smallest absolute Gasteiger partial charge is 0.0235 e. The van der Waals surface area contributed by atoms with Crippen LogP contribution in [-0.2, 0) is 0 Å². The molecule has 0 saturated carbocycles. The summed E-state index contributed by atoms with van der Waals surface area (Å²) in [5.41, 5.74) is 0. The number of hydrogen-bond donors (Lipinski definition) is 1. The van der Waals surface area contributed by atoms with E-state index in [-0.39, 0.29) is 0 Å². The van der Waals surface area contributed by atoms with Crippen LogP contribution >= 0.6 is 0 Å². The highest BCUT2D eigenvalue weighted by Crippen LogP contribution is 2.26. The van der Waals surface area contributed by atoms with E-state index in [9.17, 15) is 0 Å². The molecule has 2 nitrogen and oxygen atoms in total. The maximum atomic E-state index is 3.65. The summed E-state index contributed by atoms with van der Waals surface area (Å²) in [5, 5.41) is 3.65. The molecule has 2 heterocycles. The number of likely N-dealkylation sites (tertiary alicyclic amines) is 1. The molecule has 2 fully saturated rings. The largest absolute Gasteiger partial charge is 0.312 e. The number of hydrogen-bond acceptors (Lipinski definition) is 2. The lowest BCUT2D eigenvalue weighted by molar-refractivity contribution is 0.242. The third kappa shape index (κ3) is 1.89. The summed E-state index contributed by atoms with van der Waals surface area (Å²) in [7, 11) is 0. The summed E-state index contributed by atoms with van der Waals surface area (Å²) in [6, 6.07) is 1.59. The van der Waals surface area contributed by atoms with Crippen LogP contribution in [0.25, 0.3) is 0 Å². The van der Waals surface area contributed by atoms with Crippen molar-refractivity contribution in [2.24, 2.45) is 5.92 Å². The van der Waals surface area contributed by atoms with Gasteiger partial charge in [0, 0.05) is 25.2 Å². The number of fused-ring (bicyclic) bond motifs is 1. The Bertz CT molecular complexity index is 155. The topological polar surface area (TPSA) is 15.3 Å². The second-order valence-corrected chi connectivity index (χ2v) is 4.67. The maximum absolute atomic E-state index is 3.65. The van der Waals surface area contributed by atoms with Gasteiger partial charge in [-0.15, -0.1) is 0 Å².